The number of sulfone groups is 1. The first-order chi connectivity index (χ1) is 9.30. The van der Waals surface area contributed by atoms with Gasteiger partial charge in [0.1, 0.15) is 0 Å². The molecule has 0 spiro atoms. The summed E-state index contributed by atoms with van der Waals surface area (Å²) in [6, 6.07) is 11.5. The van der Waals surface area contributed by atoms with Crippen LogP contribution in [-0.4, -0.2) is 25.7 Å². The average molecular weight is 290 g/mol. The van der Waals surface area contributed by atoms with Crippen molar-refractivity contribution in [3.8, 4) is 11.1 Å². The van der Waals surface area contributed by atoms with E-state index in [1.165, 1.54) is 12.1 Å². The van der Waals surface area contributed by atoms with Crippen molar-refractivity contribution >= 4 is 15.8 Å². The Hall–Kier alpha value is -2.14. The number of aromatic carboxylic acids is 1. The molecule has 0 aliphatic rings. The SMILES string of the molecule is Cc1cccc(-c2cccc(S(C)(=O)=O)c2)c1C(=O)O. The van der Waals surface area contributed by atoms with Gasteiger partial charge >= 0.3 is 5.97 Å². The van der Waals surface area contributed by atoms with E-state index >= 15 is 0 Å². The number of carbonyl (C=O) groups is 1. The highest BCUT2D eigenvalue weighted by Gasteiger charge is 2.15. The number of aryl methyl sites for hydroxylation is 1. The fraction of sp³-hybridized carbons (Fsp3) is 0.133. The number of carboxylic acids is 1. The molecular formula is C15H14O4S. The highest BCUT2D eigenvalue weighted by atomic mass is 32.2. The van der Waals surface area contributed by atoms with Gasteiger partial charge in [-0.15, -0.1) is 0 Å². The molecule has 1 N–H and O–H groups in total. The van der Waals surface area contributed by atoms with Crippen molar-refractivity contribution in [2.24, 2.45) is 0 Å². The Kier molecular flexibility index (Phi) is 3.63. The fourth-order valence-electron chi connectivity index (χ4n) is 2.09. The van der Waals surface area contributed by atoms with Gasteiger partial charge in [-0.3, -0.25) is 0 Å². The van der Waals surface area contributed by atoms with Crippen molar-refractivity contribution in [1.82, 2.24) is 0 Å². The Morgan fingerprint density at radius 2 is 1.75 bits per heavy atom. The van der Waals surface area contributed by atoms with Crippen LogP contribution in [-0.2, 0) is 9.84 Å². The standard InChI is InChI=1S/C15H14O4S/c1-10-5-3-8-13(14(10)15(16)17)11-6-4-7-12(9-11)20(2,18)19/h3-9H,1-2H3,(H,16,17). The molecule has 0 aromatic heterocycles. The highest BCUT2D eigenvalue weighted by Crippen LogP contribution is 2.28. The van der Waals surface area contributed by atoms with E-state index in [1.54, 1.807) is 37.3 Å². The molecule has 0 bridgehead atoms. The van der Waals surface area contributed by atoms with Crippen molar-refractivity contribution in [1.29, 1.82) is 0 Å². The van der Waals surface area contributed by atoms with Gasteiger partial charge in [0.2, 0.25) is 0 Å². The molecule has 0 radical (unpaired) electrons. The van der Waals surface area contributed by atoms with Crippen molar-refractivity contribution in [2.75, 3.05) is 6.26 Å². The molecule has 2 rings (SSSR count). The number of hydrogen-bond donors (Lipinski definition) is 1. The first-order valence-electron chi connectivity index (χ1n) is 5.94. The predicted molar refractivity (Wildman–Crippen MR) is 76.7 cm³/mol. The quantitative estimate of drug-likeness (QED) is 0.943. The Bertz CT molecular complexity index is 776. The summed E-state index contributed by atoms with van der Waals surface area (Å²) in [6.07, 6.45) is 1.13. The minimum Gasteiger partial charge on any atom is -0.478 e. The van der Waals surface area contributed by atoms with Crippen LogP contribution in [0.5, 0.6) is 0 Å². The summed E-state index contributed by atoms with van der Waals surface area (Å²) in [4.78, 5) is 11.6. The summed E-state index contributed by atoms with van der Waals surface area (Å²) in [5.74, 6) is -1.03. The summed E-state index contributed by atoms with van der Waals surface area (Å²) < 4.78 is 23.2. The monoisotopic (exact) mass is 290 g/mol. The lowest BCUT2D eigenvalue weighted by molar-refractivity contribution is 0.0697. The van der Waals surface area contributed by atoms with E-state index in [4.69, 9.17) is 0 Å². The second-order valence-electron chi connectivity index (χ2n) is 4.60. The van der Waals surface area contributed by atoms with Gasteiger partial charge in [-0.1, -0.05) is 30.3 Å². The van der Waals surface area contributed by atoms with Gasteiger partial charge in [0.05, 0.1) is 10.5 Å². The Morgan fingerprint density at radius 3 is 2.35 bits per heavy atom. The number of benzene rings is 2. The molecular weight excluding hydrogens is 276 g/mol. The zero-order valence-corrected chi connectivity index (χ0v) is 11.9. The van der Waals surface area contributed by atoms with Crippen molar-refractivity contribution in [3.05, 3.63) is 53.6 Å². The number of hydrogen-bond acceptors (Lipinski definition) is 3. The number of carboxylic acid groups (broad SMARTS) is 1. The van der Waals surface area contributed by atoms with Gasteiger partial charge in [0, 0.05) is 6.26 Å². The van der Waals surface area contributed by atoms with Crippen molar-refractivity contribution in [2.45, 2.75) is 11.8 Å². The van der Waals surface area contributed by atoms with Gasteiger partial charge < -0.3 is 5.11 Å². The third-order valence-corrected chi connectivity index (χ3v) is 4.17. The van der Waals surface area contributed by atoms with Crippen LogP contribution in [0, 0.1) is 6.92 Å². The first kappa shape index (κ1) is 14.3. The summed E-state index contributed by atoms with van der Waals surface area (Å²) in [7, 11) is -3.32. The first-order valence-corrected chi connectivity index (χ1v) is 7.83. The lowest BCUT2D eigenvalue weighted by Crippen LogP contribution is -2.03. The van der Waals surface area contributed by atoms with E-state index in [1.807, 2.05) is 0 Å². The smallest absolute Gasteiger partial charge is 0.336 e. The Labute approximate surface area is 117 Å². The van der Waals surface area contributed by atoms with E-state index in [0.717, 1.165) is 6.26 Å². The lowest BCUT2D eigenvalue weighted by atomic mass is 9.96. The molecule has 0 heterocycles. The van der Waals surface area contributed by atoms with Crippen LogP contribution < -0.4 is 0 Å². The topological polar surface area (TPSA) is 71.4 Å². The molecule has 0 amide bonds. The maximum Gasteiger partial charge on any atom is 0.336 e. The second kappa shape index (κ2) is 5.09. The average Bonchev–Trinajstić information content (AvgIpc) is 2.37. The van der Waals surface area contributed by atoms with Crippen molar-refractivity contribution in [3.63, 3.8) is 0 Å². The molecule has 0 fully saturated rings. The molecule has 0 aliphatic heterocycles. The molecule has 0 unspecified atom stereocenters. The second-order valence-corrected chi connectivity index (χ2v) is 6.62. The molecule has 0 aliphatic carbocycles. The van der Waals surface area contributed by atoms with E-state index in [2.05, 4.69) is 0 Å². The van der Waals surface area contributed by atoms with Crippen LogP contribution in [0.25, 0.3) is 11.1 Å². The zero-order valence-electron chi connectivity index (χ0n) is 11.1. The minimum atomic E-state index is -3.32. The normalized spacial score (nSPS) is 11.3. The van der Waals surface area contributed by atoms with Crippen molar-refractivity contribution < 1.29 is 18.3 Å². The zero-order chi connectivity index (χ0) is 14.9. The van der Waals surface area contributed by atoms with Gasteiger partial charge in [-0.2, -0.15) is 0 Å². The summed E-state index contributed by atoms with van der Waals surface area (Å²) in [5, 5.41) is 9.32. The van der Waals surface area contributed by atoms with Crippen LogP contribution >= 0.6 is 0 Å². The van der Waals surface area contributed by atoms with Crippen LogP contribution in [0.1, 0.15) is 15.9 Å². The van der Waals surface area contributed by atoms with Crippen LogP contribution in [0.4, 0.5) is 0 Å². The van der Waals surface area contributed by atoms with Gasteiger partial charge in [-0.25, -0.2) is 13.2 Å². The molecule has 0 atom stereocenters. The van der Waals surface area contributed by atoms with E-state index in [-0.39, 0.29) is 10.5 Å². The molecule has 2 aromatic carbocycles. The van der Waals surface area contributed by atoms with Gasteiger partial charge in [0.25, 0.3) is 0 Å². The predicted octanol–water partition coefficient (Wildman–Crippen LogP) is 2.76. The fourth-order valence-corrected chi connectivity index (χ4v) is 2.75. The largest absolute Gasteiger partial charge is 0.478 e. The van der Waals surface area contributed by atoms with E-state index in [0.29, 0.717) is 16.7 Å². The number of rotatable bonds is 3. The lowest BCUT2D eigenvalue weighted by Gasteiger charge is -2.10. The maximum atomic E-state index is 11.6. The van der Waals surface area contributed by atoms with E-state index in [9.17, 15) is 18.3 Å². The van der Waals surface area contributed by atoms with E-state index < -0.39 is 15.8 Å². The molecule has 2 aromatic rings. The molecule has 0 saturated heterocycles. The van der Waals surface area contributed by atoms with Gasteiger partial charge in [-0.05, 0) is 35.7 Å². The van der Waals surface area contributed by atoms with Crippen LogP contribution in [0.15, 0.2) is 47.4 Å². The Morgan fingerprint density at radius 1 is 1.10 bits per heavy atom. The molecule has 104 valence electrons. The minimum absolute atomic E-state index is 0.174. The summed E-state index contributed by atoms with van der Waals surface area (Å²) in [5.41, 5.74) is 1.93. The summed E-state index contributed by atoms with van der Waals surface area (Å²) in [6.45, 7) is 1.72. The van der Waals surface area contributed by atoms with Crippen LogP contribution in [0.2, 0.25) is 0 Å². The molecule has 0 saturated carbocycles. The van der Waals surface area contributed by atoms with Gasteiger partial charge in [0.15, 0.2) is 9.84 Å². The third-order valence-electron chi connectivity index (χ3n) is 3.06. The Balaban J connectivity index is 2.70. The third kappa shape index (κ3) is 2.72. The molecule has 20 heavy (non-hydrogen) atoms. The molecule has 4 nitrogen and oxygen atoms in total. The molecule has 5 heteroatoms. The summed E-state index contributed by atoms with van der Waals surface area (Å²) >= 11 is 0. The van der Waals surface area contributed by atoms with Crippen LogP contribution in [0.3, 0.4) is 0 Å². The maximum absolute atomic E-state index is 11.6. The highest BCUT2D eigenvalue weighted by molar-refractivity contribution is 7.90.